The number of carboxylic acid groups (broad SMARTS) is 1. The topological polar surface area (TPSA) is 122 Å². The van der Waals surface area contributed by atoms with Gasteiger partial charge in [0.25, 0.3) is 0 Å². The first kappa shape index (κ1) is 15.9. The third-order valence-corrected chi connectivity index (χ3v) is 4.93. The Hall–Kier alpha value is -1.45. The molecule has 2 unspecified atom stereocenters. The molecule has 0 bridgehead atoms. The van der Waals surface area contributed by atoms with E-state index in [9.17, 15) is 18.3 Å². The minimum atomic E-state index is -3.65. The molecule has 0 radical (unpaired) electrons. The number of aliphatic hydroxyl groups excluding tert-OH is 1. The van der Waals surface area contributed by atoms with Gasteiger partial charge in [-0.3, -0.25) is 9.48 Å². The van der Waals surface area contributed by atoms with E-state index in [4.69, 9.17) is 5.11 Å². The molecule has 118 valence electrons. The van der Waals surface area contributed by atoms with Gasteiger partial charge in [0.2, 0.25) is 10.0 Å². The van der Waals surface area contributed by atoms with Crippen molar-refractivity contribution in [3.05, 3.63) is 12.4 Å². The molecule has 2 atom stereocenters. The fourth-order valence-electron chi connectivity index (χ4n) is 2.36. The Morgan fingerprint density at radius 1 is 1.48 bits per heavy atom. The molecule has 8 nitrogen and oxygen atoms in total. The third-order valence-electron chi connectivity index (χ3n) is 3.55. The van der Waals surface area contributed by atoms with E-state index in [-0.39, 0.29) is 29.9 Å². The van der Waals surface area contributed by atoms with E-state index in [0.717, 1.165) is 6.42 Å². The molecule has 1 aliphatic rings. The van der Waals surface area contributed by atoms with Crippen LogP contribution in [0.25, 0.3) is 0 Å². The van der Waals surface area contributed by atoms with Crippen LogP contribution in [-0.2, 0) is 21.4 Å². The number of nitrogens with one attached hydrogen (secondary N) is 1. The number of hydrogen-bond donors (Lipinski definition) is 3. The van der Waals surface area contributed by atoms with Gasteiger partial charge >= 0.3 is 5.97 Å². The summed E-state index contributed by atoms with van der Waals surface area (Å²) in [6.07, 6.45) is 4.19. The van der Waals surface area contributed by atoms with Crippen LogP contribution in [0.1, 0.15) is 25.7 Å². The van der Waals surface area contributed by atoms with E-state index in [0.29, 0.717) is 19.4 Å². The first-order valence-electron chi connectivity index (χ1n) is 6.79. The summed E-state index contributed by atoms with van der Waals surface area (Å²) in [6, 6.07) is 0. The molecule has 0 aliphatic heterocycles. The van der Waals surface area contributed by atoms with Crippen molar-refractivity contribution in [1.29, 1.82) is 0 Å². The first-order valence-corrected chi connectivity index (χ1v) is 8.27. The summed E-state index contributed by atoms with van der Waals surface area (Å²) in [5, 5.41) is 21.8. The van der Waals surface area contributed by atoms with Gasteiger partial charge in [0.1, 0.15) is 4.90 Å². The van der Waals surface area contributed by atoms with Crippen molar-refractivity contribution < 1.29 is 23.4 Å². The second-order valence-electron chi connectivity index (χ2n) is 5.27. The second-order valence-corrected chi connectivity index (χ2v) is 7.03. The van der Waals surface area contributed by atoms with Crippen LogP contribution in [0.2, 0.25) is 0 Å². The van der Waals surface area contributed by atoms with Crippen LogP contribution in [0.5, 0.6) is 0 Å². The van der Waals surface area contributed by atoms with Gasteiger partial charge in [-0.15, -0.1) is 0 Å². The van der Waals surface area contributed by atoms with Crippen molar-refractivity contribution in [3.8, 4) is 0 Å². The van der Waals surface area contributed by atoms with Gasteiger partial charge in [-0.2, -0.15) is 5.10 Å². The van der Waals surface area contributed by atoms with Gasteiger partial charge < -0.3 is 10.2 Å². The Morgan fingerprint density at radius 2 is 2.24 bits per heavy atom. The molecule has 3 N–H and O–H groups in total. The summed E-state index contributed by atoms with van der Waals surface area (Å²) in [6.45, 7) is 0.416. The molecule has 0 saturated heterocycles. The molecule has 1 aromatic rings. The number of aromatic nitrogens is 2. The predicted octanol–water partition coefficient (Wildman–Crippen LogP) is -0.203. The predicted molar refractivity (Wildman–Crippen MR) is 73.0 cm³/mol. The smallest absolute Gasteiger partial charge is 0.305 e. The molecule has 0 amide bonds. The van der Waals surface area contributed by atoms with Crippen molar-refractivity contribution in [2.45, 2.75) is 43.2 Å². The van der Waals surface area contributed by atoms with Gasteiger partial charge in [0.05, 0.1) is 25.3 Å². The van der Waals surface area contributed by atoms with E-state index in [2.05, 4.69) is 9.82 Å². The maximum atomic E-state index is 12.1. The van der Waals surface area contributed by atoms with Crippen molar-refractivity contribution in [2.24, 2.45) is 5.92 Å². The zero-order chi connectivity index (χ0) is 15.5. The summed E-state index contributed by atoms with van der Waals surface area (Å²) >= 11 is 0. The molecule has 1 saturated carbocycles. The lowest BCUT2D eigenvalue weighted by Gasteiger charge is -2.10. The molecule has 2 rings (SSSR count). The molecule has 1 fully saturated rings. The molecular formula is C12H19N3O5S. The van der Waals surface area contributed by atoms with Crippen LogP contribution in [0.4, 0.5) is 0 Å². The van der Waals surface area contributed by atoms with E-state index < -0.39 is 16.0 Å². The highest BCUT2D eigenvalue weighted by Crippen LogP contribution is 2.25. The summed E-state index contributed by atoms with van der Waals surface area (Å²) in [7, 11) is -3.65. The normalized spacial score (nSPS) is 22.5. The summed E-state index contributed by atoms with van der Waals surface area (Å²) in [4.78, 5) is 10.5. The monoisotopic (exact) mass is 317 g/mol. The summed E-state index contributed by atoms with van der Waals surface area (Å²) < 4.78 is 28.0. The highest BCUT2D eigenvalue weighted by molar-refractivity contribution is 7.89. The Balaban J connectivity index is 1.91. The van der Waals surface area contributed by atoms with Crippen molar-refractivity contribution in [2.75, 3.05) is 6.54 Å². The Bertz CT molecular complexity index is 598. The van der Waals surface area contributed by atoms with E-state index in [1.807, 2.05) is 0 Å². The van der Waals surface area contributed by atoms with Gasteiger partial charge in [0.15, 0.2) is 0 Å². The van der Waals surface area contributed by atoms with Crippen LogP contribution in [-0.4, -0.2) is 47.0 Å². The molecule has 1 heterocycles. The summed E-state index contributed by atoms with van der Waals surface area (Å²) in [5.41, 5.74) is 0. The number of rotatable bonds is 7. The maximum Gasteiger partial charge on any atom is 0.305 e. The van der Waals surface area contributed by atoms with E-state index in [1.54, 1.807) is 0 Å². The third kappa shape index (κ3) is 4.51. The number of aliphatic hydroxyl groups is 1. The van der Waals surface area contributed by atoms with Gasteiger partial charge in [-0.1, -0.05) is 0 Å². The average molecular weight is 317 g/mol. The summed E-state index contributed by atoms with van der Waals surface area (Å²) in [5.74, 6) is -0.815. The molecule has 21 heavy (non-hydrogen) atoms. The minimum absolute atomic E-state index is 0.0198. The van der Waals surface area contributed by atoms with E-state index in [1.165, 1.54) is 17.1 Å². The molecule has 0 aromatic carbocycles. The van der Waals surface area contributed by atoms with Crippen molar-refractivity contribution >= 4 is 16.0 Å². The second kappa shape index (κ2) is 6.54. The molecule has 1 aromatic heterocycles. The standard InChI is InChI=1S/C12H19N3O5S/c16-10-2-1-9(5-10)6-14-21(19,20)11-7-13-15(8-11)4-3-12(17)18/h7-10,14,16H,1-6H2,(H,17,18). The number of aryl methyl sites for hydroxylation is 1. The Morgan fingerprint density at radius 3 is 2.86 bits per heavy atom. The SMILES string of the molecule is O=C(O)CCn1cc(S(=O)(=O)NCC2CCC(O)C2)cn1. The van der Waals surface area contributed by atoms with Gasteiger partial charge in [-0.05, 0) is 25.2 Å². The number of carbonyl (C=O) groups is 1. The number of carboxylic acids is 1. The number of hydrogen-bond acceptors (Lipinski definition) is 5. The fraction of sp³-hybridized carbons (Fsp3) is 0.667. The maximum absolute atomic E-state index is 12.1. The lowest BCUT2D eigenvalue weighted by Crippen LogP contribution is -2.28. The number of aliphatic carboxylic acids is 1. The van der Waals surface area contributed by atoms with E-state index >= 15 is 0 Å². The fourth-order valence-corrected chi connectivity index (χ4v) is 3.43. The first-order chi connectivity index (χ1) is 9.87. The highest BCUT2D eigenvalue weighted by Gasteiger charge is 2.25. The minimum Gasteiger partial charge on any atom is -0.481 e. The van der Waals surface area contributed by atoms with Crippen LogP contribution < -0.4 is 4.72 Å². The lowest BCUT2D eigenvalue weighted by molar-refractivity contribution is -0.137. The molecule has 1 aliphatic carbocycles. The molecule has 9 heteroatoms. The van der Waals surface area contributed by atoms with Gasteiger partial charge in [0, 0.05) is 12.7 Å². The Kier molecular flexibility index (Phi) is 4.96. The van der Waals surface area contributed by atoms with Crippen molar-refractivity contribution in [1.82, 2.24) is 14.5 Å². The van der Waals surface area contributed by atoms with Crippen LogP contribution in [0.3, 0.4) is 0 Å². The average Bonchev–Trinajstić information content (AvgIpc) is 3.03. The quantitative estimate of drug-likeness (QED) is 0.640. The zero-order valence-electron chi connectivity index (χ0n) is 11.5. The van der Waals surface area contributed by atoms with Crippen LogP contribution in [0, 0.1) is 5.92 Å². The molecule has 0 spiro atoms. The lowest BCUT2D eigenvalue weighted by atomic mass is 10.1. The number of nitrogens with zero attached hydrogens (tertiary/aromatic N) is 2. The largest absolute Gasteiger partial charge is 0.481 e. The zero-order valence-corrected chi connectivity index (χ0v) is 12.3. The van der Waals surface area contributed by atoms with Gasteiger partial charge in [-0.25, -0.2) is 13.1 Å². The number of sulfonamides is 1. The van der Waals surface area contributed by atoms with Crippen LogP contribution in [0.15, 0.2) is 17.3 Å². The highest BCUT2D eigenvalue weighted by atomic mass is 32.2. The van der Waals surface area contributed by atoms with Crippen LogP contribution >= 0.6 is 0 Å². The molecular weight excluding hydrogens is 298 g/mol. The Labute approximate surface area is 122 Å². The van der Waals surface area contributed by atoms with Crippen molar-refractivity contribution in [3.63, 3.8) is 0 Å².